The van der Waals surface area contributed by atoms with Crippen LogP contribution in [0.15, 0.2) is 51.9 Å². The first-order chi connectivity index (χ1) is 9.97. The van der Waals surface area contributed by atoms with Gasteiger partial charge in [0.05, 0.1) is 10.5 Å². The Morgan fingerprint density at radius 2 is 2.00 bits per heavy atom. The summed E-state index contributed by atoms with van der Waals surface area (Å²) in [5, 5.41) is 2.90. The summed E-state index contributed by atoms with van der Waals surface area (Å²) in [4.78, 5) is 24.0. The van der Waals surface area contributed by atoms with Crippen molar-refractivity contribution < 1.29 is 4.79 Å². The van der Waals surface area contributed by atoms with E-state index in [4.69, 9.17) is 0 Å². The molecule has 1 N–H and O–H groups in total. The minimum Gasteiger partial charge on any atom is -0.348 e. The molecule has 0 fully saturated rings. The second-order valence-corrected chi connectivity index (χ2v) is 5.85. The third kappa shape index (κ3) is 4.04. The predicted octanol–water partition coefficient (Wildman–Crippen LogP) is 2.80. The highest BCUT2D eigenvalue weighted by molar-refractivity contribution is 9.10. The largest absolute Gasteiger partial charge is 0.348 e. The SMILES string of the molecule is Cc1cc(Br)c(=O)n(CC(=O)NC(C)c2ccccc2)c1. The van der Waals surface area contributed by atoms with Gasteiger partial charge in [0.1, 0.15) is 6.54 Å². The van der Waals surface area contributed by atoms with Gasteiger partial charge >= 0.3 is 0 Å². The van der Waals surface area contributed by atoms with E-state index in [2.05, 4.69) is 21.2 Å². The number of hydrogen-bond acceptors (Lipinski definition) is 2. The molecule has 0 aliphatic carbocycles. The van der Waals surface area contributed by atoms with E-state index in [1.54, 1.807) is 12.3 Å². The molecule has 1 unspecified atom stereocenters. The van der Waals surface area contributed by atoms with E-state index >= 15 is 0 Å². The molecule has 5 heteroatoms. The normalized spacial score (nSPS) is 12.0. The van der Waals surface area contributed by atoms with E-state index in [1.807, 2.05) is 44.2 Å². The number of nitrogens with one attached hydrogen (secondary N) is 1. The monoisotopic (exact) mass is 348 g/mol. The Hall–Kier alpha value is -1.88. The van der Waals surface area contributed by atoms with Gasteiger partial charge in [0.2, 0.25) is 5.91 Å². The fourth-order valence-corrected chi connectivity index (χ4v) is 2.71. The summed E-state index contributed by atoms with van der Waals surface area (Å²) in [5.74, 6) is -0.189. The summed E-state index contributed by atoms with van der Waals surface area (Å²) in [7, 11) is 0. The van der Waals surface area contributed by atoms with Crippen LogP contribution in [0.4, 0.5) is 0 Å². The van der Waals surface area contributed by atoms with Gasteiger partial charge in [-0.05, 0) is 47.0 Å². The summed E-state index contributed by atoms with van der Waals surface area (Å²) in [6.07, 6.45) is 1.68. The maximum absolute atomic E-state index is 12.1. The number of hydrogen-bond donors (Lipinski definition) is 1. The summed E-state index contributed by atoms with van der Waals surface area (Å²) in [6.45, 7) is 3.81. The lowest BCUT2D eigenvalue weighted by Crippen LogP contribution is -2.34. The third-order valence-corrected chi connectivity index (χ3v) is 3.74. The van der Waals surface area contributed by atoms with Crippen molar-refractivity contribution in [3.05, 3.63) is 68.5 Å². The molecule has 0 saturated heterocycles. The van der Waals surface area contributed by atoms with Crippen molar-refractivity contribution in [3.8, 4) is 0 Å². The molecule has 0 spiro atoms. The molecule has 1 heterocycles. The Kier molecular flexibility index (Phi) is 4.96. The average Bonchev–Trinajstić information content (AvgIpc) is 2.45. The molecule has 2 rings (SSSR count). The highest BCUT2D eigenvalue weighted by Gasteiger charge is 2.11. The number of carbonyl (C=O) groups is 1. The number of benzene rings is 1. The molecule has 1 amide bonds. The van der Waals surface area contributed by atoms with Gasteiger partial charge in [0.15, 0.2) is 0 Å². The van der Waals surface area contributed by atoms with Crippen molar-refractivity contribution in [2.24, 2.45) is 0 Å². The van der Waals surface area contributed by atoms with E-state index in [9.17, 15) is 9.59 Å². The topological polar surface area (TPSA) is 51.1 Å². The number of aryl methyl sites for hydroxylation is 1. The quantitative estimate of drug-likeness (QED) is 0.923. The van der Waals surface area contributed by atoms with E-state index in [-0.39, 0.29) is 24.1 Å². The zero-order valence-corrected chi connectivity index (χ0v) is 13.6. The van der Waals surface area contributed by atoms with Crippen LogP contribution >= 0.6 is 15.9 Å². The first-order valence-corrected chi connectivity index (χ1v) is 7.47. The molecule has 0 aliphatic rings. The molecule has 0 saturated carbocycles. The number of carbonyl (C=O) groups excluding carboxylic acids is 1. The lowest BCUT2D eigenvalue weighted by Gasteiger charge is -2.15. The van der Waals surface area contributed by atoms with Crippen LogP contribution in [0.2, 0.25) is 0 Å². The Morgan fingerprint density at radius 1 is 1.33 bits per heavy atom. The summed E-state index contributed by atoms with van der Waals surface area (Å²) >= 11 is 3.21. The molecule has 21 heavy (non-hydrogen) atoms. The van der Waals surface area contributed by atoms with Gasteiger partial charge < -0.3 is 9.88 Å². The van der Waals surface area contributed by atoms with Crippen LogP contribution in [0, 0.1) is 6.92 Å². The Labute approximate surface area is 131 Å². The number of pyridine rings is 1. The van der Waals surface area contributed by atoms with Gasteiger partial charge in [-0.25, -0.2) is 0 Å². The van der Waals surface area contributed by atoms with Crippen LogP contribution < -0.4 is 10.9 Å². The molecule has 1 atom stereocenters. The number of halogens is 1. The van der Waals surface area contributed by atoms with Crippen molar-refractivity contribution in [2.75, 3.05) is 0 Å². The van der Waals surface area contributed by atoms with Gasteiger partial charge in [0.25, 0.3) is 5.56 Å². The lowest BCUT2D eigenvalue weighted by molar-refractivity contribution is -0.122. The molecule has 4 nitrogen and oxygen atoms in total. The van der Waals surface area contributed by atoms with Crippen molar-refractivity contribution >= 4 is 21.8 Å². The van der Waals surface area contributed by atoms with Crippen molar-refractivity contribution in [3.63, 3.8) is 0 Å². The van der Waals surface area contributed by atoms with E-state index in [0.717, 1.165) is 11.1 Å². The molecule has 110 valence electrons. The van der Waals surface area contributed by atoms with Gasteiger partial charge in [-0.3, -0.25) is 9.59 Å². The highest BCUT2D eigenvalue weighted by Crippen LogP contribution is 2.11. The van der Waals surface area contributed by atoms with Crippen LogP contribution in [0.3, 0.4) is 0 Å². The van der Waals surface area contributed by atoms with Crippen molar-refractivity contribution in [1.29, 1.82) is 0 Å². The Morgan fingerprint density at radius 3 is 2.67 bits per heavy atom. The van der Waals surface area contributed by atoms with Gasteiger partial charge in [-0.1, -0.05) is 30.3 Å². The van der Waals surface area contributed by atoms with Crippen molar-refractivity contribution in [1.82, 2.24) is 9.88 Å². The summed E-state index contributed by atoms with van der Waals surface area (Å²) < 4.78 is 1.87. The van der Waals surface area contributed by atoms with Gasteiger partial charge in [-0.15, -0.1) is 0 Å². The minimum atomic E-state index is -0.205. The van der Waals surface area contributed by atoms with Gasteiger partial charge in [0, 0.05) is 6.20 Å². The minimum absolute atomic E-state index is 0.0102. The first-order valence-electron chi connectivity index (χ1n) is 6.68. The van der Waals surface area contributed by atoms with E-state index in [0.29, 0.717) is 4.47 Å². The van der Waals surface area contributed by atoms with Crippen LogP contribution in [-0.4, -0.2) is 10.5 Å². The van der Waals surface area contributed by atoms with Gasteiger partial charge in [-0.2, -0.15) is 0 Å². The molecule has 1 aromatic carbocycles. The van der Waals surface area contributed by atoms with Crippen LogP contribution in [0.25, 0.3) is 0 Å². The molecule has 1 aromatic heterocycles. The van der Waals surface area contributed by atoms with Crippen LogP contribution in [0.5, 0.6) is 0 Å². The van der Waals surface area contributed by atoms with Crippen molar-refractivity contribution in [2.45, 2.75) is 26.4 Å². The molecule has 0 aliphatic heterocycles. The summed E-state index contributed by atoms with van der Waals surface area (Å²) in [5.41, 5.74) is 1.75. The zero-order valence-electron chi connectivity index (χ0n) is 12.0. The lowest BCUT2D eigenvalue weighted by atomic mass is 10.1. The molecule has 2 aromatic rings. The fraction of sp³-hybridized carbons (Fsp3) is 0.250. The standard InChI is InChI=1S/C16H17BrN2O2/c1-11-8-14(17)16(21)19(9-11)10-15(20)18-12(2)13-6-4-3-5-7-13/h3-9,12H,10H2,1-2H3,(H,18,20). The van der Waals surface area contributed by atoms with E-state index < -0.39 is 0 Å². The highest BCUT2D eigenvalue weighted by atomic mass is 79.9. The zero-order chi connectivity index (χ0) is 15.4. The molecular formula is C16H17BrN2O2. The molecular weight excluding hydrogens is 332 g/mol. The predicted molar refractivity (Wildman–Crippen MR) is 86.1 cm³/mol. The summed E-state index contributed by atoms with van der Waals surface area (Å²) in [6, 6.07) is 11.4. The first kappa shape index (κ1) is 15.5. The maximum atomic E-state index is 12.1. The Balaban J connectivity index is 2.07. The second-order valence-electron chi connectivity index (χ2n) is 5.00. The van der Waals surface area contributed by atoms with Crippen LogP contribution in [-0.2, 0) is 11.3 Å². The van der Waals surface area contributed by atoms with Crippen LogP contribution in [0.1, 0.15) is 24.1 Å². The molecule has 0 bridgehead atoms. The van der Waals surface area contributed by atoms with E-state index in [1.165, 1.54) is 4.57 Å². The molecule has 0 radical (unpaired) electrons. The number of aromatic nitrogens is 1. The average molecular weight is 349 g/mol. The maximum Gasteiger partial charge on any atom is 0.265 e. The number of nitrogens with zero attached hydrogens (tertiary/aromatic N) is 1. The third-order valence-electron chi connectivity index (χ3n) is 3.17. The number of amides is 1. The Bertz CT molecular complexity index is 695. The second kappa shape index (κ2) is 6.72. The smallest absolute Gasteiger partial charge is 0.265 e. The number of rotatable bonds is 4. The fourth-order valence-electron chi connectivity index (χ4n) is 2.12.